The Morgan fingerprint density at radius 2 is 1.39 bits per heavy atom. The molecule has 2 bridgehead atoms. The molecule has 2 aromatic carbocycles. The molecule has 1 saturated carbocycles. The Balaban J connectivity index is 0.534. The van der Waals surface area contributed by atoms with Crippen LogP contribution in [0.1, 0.15) is 156 Å². The number of esters is 1. The minimum absolute atomic E-state index is 0.0122. The van der Waals surface area contributed by atoms with Crippen molar-refractivity contribution in [1.82, 2.24) is 43.9 Å². The van der Waals surface area contributed by atoms with Crippen LogP contribution in [0.3, 0.4) is 0 Å². The number of alkyl halides is 3. The lowest BCUT2D eigenvalue weighted by molar-refractivity contribution is -0.265. The van der Waals surface area contributed by atoms with Gasteiger partial charge in [-0.05, 0) is 168 Å². The normalized spacial score (nSPS) is 26.5. The van der Waals surface area contributed by atoms with Crippen LogP contribution in [0.2, 0.25) is 0 Å². The highest BCUT2D eigenvalue weighted by Gasteiger charge is 2.53. The fourth-order valence-corrected chi connectivity index (χ4v) is 18.6. The van der Waals surface area contributed by atoms with Crippen molar-refractivity contribution >= 4 is 62.8 Å². The van der Waals surface area contributed by atoms with Gasteiger partial charge in [0.05, 0.1) is 163 Å². The first-order chi connectivity index (χ1) is 64.9. The van der Waals surface area contributed by atoms with Gasteiger partial charge < -0.3 is 86.5 Å². The monoisotopic (exact) mass is 1890 g/mol. The van der Waals surface area contributed by atoms with Gasteiger partial charge in [-0.1, -0.05) is 82.4 Å². The van der Waals surface area contributed by atoms with E-state index in [1.807, 2.05) is 82.5 Å². The fourth-order valence-electron chi connectivity index (χ4n) is 18.6. The first kappa shape index (κ1) is 106. The van der Waals surface area contributed by atoms with E-state index in [2.05, 4.69) is 20.3 Å². The maximum atomic E-state index is 15.0. The van der Waals surface area contributed by atoms with E-state index >= 15 is 13.2 Å². The first-order valence-corrected chi connectivity index (χ1v) is 47.6. The maximum Gasteiger partial charge on any atom is 0.418 e. The van der Waals surface area contributed by atoms with Crippen LogP contribution < -0.4 is 15.3 Å². The number of allylic oxidation sites excluding steroid dienone is 6. The number of aromatic nitrogens is 7. The van der Waals surface area contributed by atoms with Crippen molar-refractivity contribution in [3.63, 3.8) is 0 Å². The molecule has 3 saturated heterocycles. The number of nitrogens with zero attached hydrogens (tertiary/aromatic N) is 10. The Morgan fingerprint density at radius 1 is 0.696 bits per heavy atom. The molecule has 15 atom stereocenters. The molecule has 1 aliphatic carbocycles. The summed E-state index contributed by atoms with van der Waals surface area (Å²) in [6.45, 7) is 18.7. The summed E-state index contributed by atoms with van der Waals surface area (Å²) in [6.07, 6.45) is 14.4. The number of ketones is 3. The number of cyclic esters (lactones) is 1. The Labute approximate surface area is 788 Å². The second-order valence-corrected chi connectivity index (χ2v) is 36.3. The van der Waals surface area contributed by atoms with Crippen LogP contribution >= 0.6 is 0 Å². The van der Waals surface area contributed by atoms with E-state index in [9.17, 15) is 43.8 Å². The van der Waals surface area contributed by atoms with Crippen LogP contribution in [0.15, 0.2) is 120 Å². The quantitative estimate of drug-likeness (QED) is 0.0158. The Morgan fingerprint density at radius 3 is 2.06 bits per heavy atom. The molecule has 35 heteroatoms. The number of halogens is 3. The number of rotatable bonds is 37. The topological polar surface area (TPSA) is 356 Å². The van der Waals surface area contributed by atoms with Gasteiger partial charge in [-0.2, -0.15) is 13.2 Å². The molecule has 6 aromatic rings. The molecule has 2 N–H and O–H groups in total. The third-order valence-electron chi connectivity index (χ3n) is 26.7. The average Bonchev–Trinajstić information content (AvgIpc) is 1.61. The van der Waals surface area contributed by atoms with Crippen LogP contribution in [0.4, 0.5) is 18.9 Å². The van der Waals surface area contributed by atoms with Crippen LogP contribution in [0.5, 0.6) is 5.88 Å². The van der Waals surface area contributed by atoms with Crippen molar-refractivity contribution in [2.24, 2.45) is 42.6 Å². The summed E-state index contributed by atoms with van der Waals surface area (Å²) >= 11 is 0. The molecule has 742 valence electrons. The molecule has 2 amide bonds. The number of aliphatic hydroxyl groups is 2. The number of carbonyl (C=O) groups is 6. The zero-order chi connectivity index (χ0) is 96.9. The van der Waals surface area contributed by atoms with Gasteiger partial charge in [0.2, 0.25) is 17.6 Å². The number of amides is 2. The van der Waals surface area contributed by atoms with Gasteiger partial charge in [-0.15, -0.1) is 5.10 Å². The molecule has 4 aliphatic heterocycles. The zero-order valence-corrected chi connectivity index (χ0v) is 80.3. The van der Waals surface area contributed by atoms with Crippen molar-refractivity contribution in [2.75, 3.05) is 152 Å². The predicted octanol–water partition coefficient (Wildman–Crippen LogP) is 11.9. The van der Waals surface area contributed by atoms with Crippen LogP contribution in [0.25, 0.3) is 38.8 Å². The van der Waals surface area contributed by atoms with Gasteiger partial charge in [0.15, 0.2) is 5.78 Å². The smallest absolute Gasteiger partial charge is 0.418 e. The molecule has 0 radical (unpaired) electrons. The van der Waals surface area contributed by atoms with E-state index in [1.54, 1.807) is 87.1 Å². The third kappa shape index (κ3) is 29.1. The number of aryl methyl sites for hydroxylation is 2. The molecular weight excluding hydrogens is 1750 g/mol. The second kappa shape index (κ2) is 51.9. The minimum Gasteiger partial charge on any atom is -0.481 e. The lowest BCUT2D eigenvalue weighted by atomic mass is 9.78. The van der Waals surface area contributed by atoms with Crippen molar-refractivity contribution in [3.05, 3.63) is 136 Å². The molecule has 4 aromatic heterocycles. The van der Waals surface area contributed by atoms with E-state index in [0.717, 1.165) is 47.7 Å². The molecule has 5 aliphatic rings. The van der Waals surface area contributed by atoms with E-state index < -0.39 is 95.2 Å². The summed E-state index contributed by atoms with van der Waals surface area (Å²) in [5, 5.41) is 33.1. The molecule has 11 rings (SSSR count). The number of piperidine rings is 1. The number of hydrogen-bond donors (Lipinski definition) is 2. The van der Waals surface area contributed by atoms with Gasteiger partial charge in [0, 0.05) is 133 Å². The molecule has 0 spiro atoms. The largest absolute Gasteiger partial charge is 0.481 e. The van der Waals surface area contributed by atoms with Gasteiger partial charge >= 0.3 is 17.8 Å². The lowest BCUT2D eigenvalue weighted by Gasteiger charge is -2.42. The molecule has 32 nitrogen and oxygen atoms in total. The number of methoxy groups -OCH3 is 4. The van der Waals surface area contributed by atoms with Crippen molar-refractivity contribution in [2.45, 2.75) is 218 Å². The number of carbonyl (C=O) groups excluding carboxylic acids is 6. The molecule has 0 unspecified atom stereocenters. The number of benzene rings is 2. The average molecular weight is 1890 g/mol. The summed E-state index contributed by atoms with van der Waals surface area (Å²) in [5.41, 5.74) is 3.61. The number of fused-ring (bicyclic) bond motifs is 6. The van der Waals surface area contributed by atoms with Gasteiger partial charge in [0.25, 0.3) is 11.7 Å². The number of pyridine rings is 2. The van der Waals surface area contributed by atoms with Gasteiger partial charge in [-0.25, -0.2) is 19.3 Å². The van der Waals surface area contributed by atoms with Crippen molar-refractivity contribution in [3.8, 4) is 22.7 Å². The van der Waals surface area contributed by atoms with Crippen LogP contribution in [-0.4, -0.2) is 291 Å². The number of unbranched alkanes of at least 4 members (excludes halogenated alkanes) is 1. The third-order valence-corrected chi connectivity index (χ3v) is 26.7. The number of ether oxygens (including phenoxy) is 13. The highest BCUT2D eigenvalue weighted by molar-refractivity contribution is 6.39. The summed E-state index contributed by atoms with van der Waals surface area (Å²) in [6, 6.07) is 11.8. The molecular formula is C100H139F3N10O22. The predicted molar refractivity (Wildman–Crippen MR) is 499 cm³/mol. The number of Topliss-reactive ketones (excluding diaryl/α,β-unsaturated/α-hetero) is 3. The summed E-state index contributed by atoms with van der Waals surface area (Å²) in [7, 11) is 7.71. The van der Waals surface area contributed by atoms with Crippen molar-refractivity contribution < 1.29 is 114 Å². The SMILES string of the molecule is COc1ccc(-c2ccc3ncc4c(c3c2)n(-c2ccc(N3CCN(C(=O)CCOCCOCCOCCOCCOCCOCCn5cc(CCCCO[C@@H]6CC[C@@H](C[C@@H](C)[C@@H]7CC(=O)[C@H](C)/C=C(\C)[C@@H](O)[C@@H](OC)C(=O)[C@H](C)C[C@H](C)/C=C/C=C/C=C(\C)[C@@H](OC)C[C@@H]8CC[C@@H](C)[C@@](O)(O8)C(=O)C(=O)N8CCCC[C@H]8C(=O)O7)C[C@H]6OC)nn5)CC3)c(C(F)(F)F)c2)c(=O)n4C)cn1. The minimum atomic E-state index is -4.77. The second-order valence-electron chi connectivity index (χ2n) is 36.3. The van der Waals surface area contributed by atoms with Crippen LogP contribution in [-0.2, 0) is 112 Å². The van der Waals surface area contributed by atoms with E-state index in [1.165, 1.54) is 40.4 Å². The van der Waals surface area contributed by atoms with Gasteiger partial charge in [-0.3, -0.25) is 38.1 Å². The molecule has 8 heterocycles. The standard InChI is InChI=1S/C100H139F3N10O22/c1-65-20-14-13-15-21-66(2)86(123-9)60-77-29-24-71(7)99(122,135-77)95(118)96(119)112-35-18-16-23-82(112)97(120)134-87(61-84(114)67(3)55-70(6)93(117)94(126-12)92(116)69(5)54-65)68(4)56-72-25-32-85(88(57-72)124-10)133-41-19-17-22-75-64-111(107-106-75)40-43-128-45-47-130-49-51-132-53-52-131-50-48-129-46-44-127-42-34-90(115)110-38-36-109(37-39-110)81-31-28-76(59-79(81)100(101,102)103)113-91-78-58-73(74-27-33-89(125-11)105-62-74)26-30-80(78)104-63-83(91)108(8)98(113)121/h13-15,20-21,26-28,30-31,33,55,58-59,62-65,67-69,71-72,77,82,85-88,93-94,117,122H,16-19,22-25,29,32,34-54,56-57,60-61H2,1-12H3/b15-13+,20-14+,66-21+,70-55+/t65-,67-,68-,69-,71-,72+,77+,82+,85-,86+,87+,88-,93-,94+,99-/m1/s1. The summed E-state index contributed by atoms with van der Waals surface area (Å²) < 4.78 is 126. The van der Waals surface area contributed by atoms with Crippen LogP contribution in [0, 0.1) is 35.5 Å². The molecule has 4 fully saturated rings. The van der Waals surface area contributed by atoms with E-state index in [-0.39, 0.29) is 124 Å². The highest BCUT2D eigenvalue weighted by Crippen LogP contribution is 2.42. The number of imidazole rings is 1. The Kier molecular flexibility index (Phi) is 40.8. The van der Waals surface area contributed by atoms with Gasteiger partial charge in [0.1, 0.15) is 30.1 Å². The highest BCUT2D eigenvalue weighted by atomic mass is 19.4. The fraction of sp³-hybridized carbons (Fsp3) is 0.630. The van der Waals surface area contributed by atoms with E-state index in [0.29, 0.717) is 177 Å². The lowest BCUT2D eigenvalue weighted by Crippen LogP contribution is -2.61. The van der Waals surface area contributed by atoms with Crippen molar-refractivity contribution in [1.29, 1.82) is 0 Å². The zero-order valence-electron chi connectivity index (χ0n) is 80.3. The Hall–Kier alpha value is -9.34. The number of anilines is 1. The molecule has 135 heavy (non-hydrogen) atoms. The Bertz CT molecular complexity index is 5050. The number of aliphatic hydroxyl groups excluding tert-OH is 1. The number of piperazine rings is 1. The summed E-state index contributed by atoms with van der Waals surface area (Å²) in [4.78, 5) is 113. The maximum absolute atomic E-state index is 15.0. The van der Waals surface area contributed by atoms with E-state index in [4.69, 9.17) is 61.6 Å². The summed E-state index contributed by atoms with van der Waals surface area (Å²) in [5.74, 6) is -8.02. The first-order valence-electron chi connectivity index (χ1n) is 47.6. The number of hydrogen-bond acceptors (Lipinski definition) is 27.